The van der Waals surface area contributed by atoms with Gasteiger partial charge in [-0.25, -0.2) is 0 Å². The van der Waals surface area contributed by atoms with Gasteiger partial charge in [0.2, 0.25) is 0 Å². The molecule has 1 aliphatic heterocycles. The van der Waals surface area contributed by atoms with Gasteiger partial charge in [0.25, 0.3) is 0 Å². The van der Waals surface area contributed by atoms with Crippen LogP contribution in [0.15, 0.2) is 0 Å². The van der Waals surface area contributed by atoms with Gasteiger partial charge in [-0.2, -0.15) is 0 Å². The second-order valence-corrected chi connectivity index (χ2v) is 5.57. The molecule has 108 valence electrons. The topological polar surface area (TPSA) is 24.5 Å². The minimum atomic E-state index is 0. The molecule has 1 saturated carbocycles. The summed E-state index contributed by atoms with van der Waals surface area (Å²) in [5, 5.41) is 3.43. The van der Waals surface area contributed by atoms with Crippen LogP contribution in [-0.2, 0) is 4.74 Å². The molecule has 1 aliphatic carbocycles. The van der Waals surface area contributed by atoms with Crippen molar-refractivity contribution in [1.82, 2.24) is 10.2 Å². The van der Waals surface area contributed by atoms with Crippen LogP contribution in [0.1, 0.15) is 45.4 Å². The van der Waals surface area contributed by atoms with Crippen LogP contribution >= 0.6 is 12.4 Å². The molecule has 3 nitrogen and oxygen atoms in total. The van der Waals surface area contributed by atoms with Crippen LogP contribution in [0.3, 0.4) is 0 Å². The van der Waals surface area contributed by atoms with Crippen molar-refractivity contribution in [2.75, 3.05) is 32.8 Å². The molecule has 0 radical (unpaired) electrons. The van der Waals surface area contributed by atoms with E-state index in [9.17, 15) is 0 Å². The maximum Gasteiger partial charge on any atom is 0.0597 e. The van der Waals surface area contributed by atoms with Gasteiger partial charge in [0, 0.05) is 32.2 Å². The Balaban J connectivity index is 0.00000162. The Morgan fingerprint density at radius 2 is 1.89 bits per heavy atom. The molecule has 4 heteroatoms. The Hall–Kier alpha value is 0.170. The molecule has 0 aromatic heterocycles. The second-order valence-electron chi connectivity index (χ2n) is 5.57. The van der Waals surface area contributed by atoms with Crippen LogP contribution in [0, 0.1) is 0 Å². The van der Waals surface area contributed by atoms with E-state index in [1.807, 2.05) is 0 Å². The highest BCUT2D eigenvalue weighted by atomic mass is 35.5. The smallest absolute Gasteiger partial charge is 0.0597 e. The van der Waals surface area contributed by atoms with E-state index in [0.717, 1.165) is 26.2 Å². The lowest BCUT2D eigenvalue weighted by atomic mass is 10.1. The number of nitrogens with zero attached hydrogens (tertiary/aromatic N) is 1. The molecule has 1 heterocycles. The lowest BCUT2D eigenvalue weighted by molar-refractivity contribution is 0.0200. The van der Waals surface area contributed by atoms with E-state index < -0.39 is 0 Å². The van der Waals surface area contributed by atoms with Gasteiger partial charge in [-0.05, 0) is 19.8 Å². The summed E-state index contributed by atoms with van der Waals surface area (Å²) < 4.78 is 6.05. The van der Waals surface area contributed by atoms with Gasteiger partial charge in [-0.1, -0.05) is 25.7 Å². The van der Waals surface area contributed by atoms with Crippen molar-refractivity contribution in [2.24, 2.45) is 0 Å². The zero-order valence-corrected chi connectivity index (χ0v) is 12.5. The zero-order chi connectivity index (χ0) is 11.9. The molecule has 0 aromatic rings. The van der Waals surface area contributed by atoms with Gasteiger partial charge in [0.15, 0.2) is 0 Å². The van der Waals surface area contributed by atoms with Crippen LogP contribution in [-0.4, -0.2) is 49.8 Å². The Kier molecular flexibility index (Phi) is 8.23. The lowest BCUT2D eigenvalue weighted by Crippen LogP contribution is -2.50. The number of hydrogen-bond donors (Lipinski definition) is 1. The first-order chi connectivity index (χ1) is 8.36. The third-order valence-corrected chi connectivity index (χ3v) is 4.17. The minimum Gasteiger partial charge on any atom is -0.377 e. The molecule has 1 saturated heterocycles. The number of halogens is 1. The fourth-order valence-corrected chi connectivity index (χ4v) is 2.96. The van der Waals surface area contributed by atoms with Crippen LogP contribution < -0.4 is 5.32 Å². The summed E-state index contributed by atoms with van der Waals surface area (Å²) in [7, 11) is 0. The normalized spacial score (nSPS) is 27.5. The first-order valence-electron chi connectivity index (χ1n) is 7.42. The van der Waals surface area contributed by atoms with Crippen molar-refractivity contribution < 1.29 is 4.74 Å². The molecule has 1 atom stereocenters. The summed E-state index contributed by atoms with van der Waals surface area (Å²) in [6, 6.07) is 0.668. The van der Waals surface area contributed by atoms with Gasteiger partial charge in [-0.3, -0.25) is 4.90 Å². The van der Waals surface area contributed by atoms with E-state index >= 15 is 0 Å². The predicted molar refractivity (Wildman–Crippen MR) is 78.6 cm³/mol. The largest absolute Gasteiger partial charge is 0.377 e. The lowest BCUT2D eigenvalue weighted by Gasteiger charge is -2.34. The average molecular weight is 277 g/mol. The first-order valence-corrected chi connectivity index (χ1v) is 7.42. The SMILES string of the molecule is C[C@H]1CNCCN1CCOC1CCCCCC1.Cl. The molecule has 0 bridgehead atoms. The highest BCUT2D eigenvalue weighted by molar-refractivity contribution is 5.85. The fourth-order valence-electron chi connectivity index (χ4n) is 2.96. The Labute approximate surface area is 118 Å². The summed E-state index contributed by atoms with van der Waals surface area (Å²) in [5.41, 5.74) is 0. The highest BCUT2D eigenvalue weighted by Gasteiger charge is 2.18. The van der Waals surface area contributed by atoms with Gasteiger partial charge >= 0.3 is 0 Å². The molecular formula is C14H29ClN2O. The van der Waals surface area contributed by atoms with Crippen molar-refractivity contribution in [2.45, 2.75) is 57.6 Å². The molecule has 2 fully saturated rings. The van der Waals surface area contributed by atoms with E-state index in [4.69, 9.17) is 4.74 Å². The monoisotopic (exact) mass is 276 g/mol. The highest BCUT2D eigenvalue weighted by Crippen LogP contribution is 2.19. The predicted octanol–water partition coefficient (Wildman–Crippen LogP) is 2.44. The average Bonchev–Trinajstić information content (AvgIpc) is 2.60. The molecular weight excluding hydrogens is 248 g/mol. The quantitative estimate of drug-likeness (QED) is 0.799. The Morgan fingerprint density at radius 1 is 1.17 bits per heavy atom. The van der Waals surface area contributed by atoms with Crippen LogP contribution in [0.4, 0.5) is 0 Å². The molecule has 0 amide bonds. The van der Waals surface area contributed by atoms with Crippen molar-refractivity contribution in [1.29, 1.82) is 0 Å². The van der Waals surface area contributed by atoms with Crippen LogP contribution in [0.2, 0.25) is 0 Å². The summed E-state index contributed by atoms with van der Waals surface area (Å²) >= 11 is 0. The Morgan fingerprint density at radius 3 is 2.56 bits per heavy atom. The van der Waals surface area contributed by atoms with Gasteiger partial charge in [-0.15, -0.1) is 12.4 Å². The third-order valence-electron chi connectivity index (χ3n) is 4.17. The van der Waals surface area contributed by atoms with E-state index in [1.54, 1.807) is 0 Å². The maximum atomic E-state index is 6.05. The molecule has 1 N–H and O–H groups in total. The van der Waals surface area contributed by atoms with E-state index in [2.05, 4.69) is 17.1 Å². The molecule has 2 aliphatic rings. The summed E-state index contributed by atoms with van der Waals surface area (Å²) in [6.07, 6.45) is 8.69. The van der Waals surface area contributed by atoms with E-state index in [1.165, 1.54) is 45.1 Å². The maximum absolute atomic E-state index is 6.05. The summed E-state index contributed by atoms with van der Waals surface area (Å²) in [4.78, 5) is 2.55. The van der Waals surface area contributed by atoms with Crippen molar-refractivity contribution in [3.05, 3.63) is 0 Å². The fraction of sp³-hybridized carbons (Fsp3) is 1.00. The second kappa shape index (κ2) is 9.13. The van der Waals surface area contributed by atoms with Crippen LogP contribution in [0.5, 0.6) is 0 Å². The Bertz CT molecular complexity index is 208. The number of nitrogens with one attached hydrogen (secondary N) is 1. The van der Waals surface area contributed by atoms with Gasteiger partial charge in [0.1, 0.15) is 0 Å². The third kappa shape index (κ3) is 5.43. The van der Waals surface area contributed by atoms with Gasteiger partial charge in [0.05, 0.1) is 12.7 Å². The number of piperazine rings is 1. The number of hydrogen-bond acceptors (Lipinski definition) is 3. The number of ether oxygens (including phenoxy) is 1. The van der Waals surface area contributed by atoms with E-state index in [0.29, 0.717) is 12.1 Å². The van der Waals surface area contributed by atoms with Crippen molar-refractivity contribution in [3.8, 4) is 0 Å². The molecule has 0 unspecified atom stereocenters. The van der Waals surface area contributed by atoms with Crippen LogP contribution in [0.25, 0.3) is 0 Å². The molecule has 18 heavy (non-hydrogen) atoms. The minimum absolute atomic E-state index is 0. The summed E-state index contributed by atoms with van der Waals surface area (Å²) in [6.45, 7) is 7.78. The first kappa shape index (κ1) is 16.2. The summed E-state index contributed by atoms with van der Waals surface area (Å²) in [5.74, 6) is 0. The van der Waals surface area contributed by atoms with Crippen molar-refractivity contribution >= 4 is 12.4 Å². The standard InChI is InChI=1S/C14H28N2O.ClH/c1-13-12-15-8-9-16(13)10-11-17-14-6-4-2-3-5-7-14;/h13-15H,2-12H2,1H3;1H/t13-;/m0./s1. The zero-order valence-electron chi connectivity index (χ0n) is 11.7. The molecule has 0 aromatic carbocycles. The van der Waals surface area contributed by atoms with Crippen molar-refractivity contribution in [3.63, 3.8) is 0 Å². The van der Waals surface area contributed by atoms with E-state index in [-0.39, 0.29) is 12.4 Å². The molecule has 2 rings (SSSR count). The molecule has 0 spiro atoms. The number of rotatable bonds is 4. The van der Waals surface area contributed by atoms with Gasteiger partial charge < -0.3 is 10.1 Å².